The predicted octanol–water partition coefficient (Wildman–Crippen LogP) is 4.14. The summed E-state index contributed by atoms with van der Waals surface area (Å²) < 4.78 is 0. The lowest BCUT2D eigenvalue weighted by Crippen LogP contribution is -2.39. The summed E-state index contributed by atoms with van der Waals surface area (Å²) in [5.41, 5.74) is 3.22. The van der Waals surface area contributed by atoms with Crippen molar-refractivity contribution >= 4 is 17.6 Å². The van der Waals surface area contributed by atoms with Gasteiger partial charge in [-0.1, -0.05) is 63.2 Å². The van der Waals surface area contributed by atoms with Crippen molar-refractivity contribution in [2.45, 2.75) is 40.2 Å². The van der Waals surface area contributed by atoms with Gasteiger partial charge in [0.25, 0.3) is 0 Å². The predicted molar refractivity (Wildman–Crippen MR) is 118 cm³/mol. The van der Waals surface area contributed by atoms with E-state index in [0.29, 0.717) is 12.5 Å². The van der Waals surface area contributed by atoms with Crippen LogP contribution < -0.4 is 16.0 Å². The zero-order valence-corrected chi connectivity index (χ0v) is 17.3. The summed E-state index contributed by atoms with van der Waals surface area (Å²) in [6.07, 6.45) is 0. The first-order valence-corrected chi connectivity index (χ1v) is 9.96. The van der Waals surface area contributed by atoms with Crippen molar-refractivity contribution < 1.29 is 4.79 Å². The SMILES string of the molecule is CCNC(=NCc1ccc(NC(=O)C(C)C)cc1)NCC(C)c1ccccc1. The zero-order valence-electron chi connectivity index (χ0n) is 17.3. The number of rotatable bonds is 8. The fourth-order valence-corrected chi connectivity index (χ4v) is 2.64. The molecule has 0 aliphatic carbocycles. The van der Waals surface area contributed by atoms with E-state index in [1.807, 2.05) is 44.2 Å². The quantitative estimate of drug-likeness (QED) is 0.476. The average Bonchev–Trinajstić information content (AvgIpc) is 2.71. The number of carbonyl (C=O) groups excluding carboxylic acids is 1. The zero-order chi connectivity index (χ0) is 20.4. The van der Waals surface area contributed by atoms with Crippen LogP contribution in [0.3, 0.4) is 0 Å². The molecule has 3 N–H and O–H groups in total. The van der Waals surface area contributed by atoms with E-state index >= 15 is 0 Å². The molecule has 0 spiro atoms. The van der Waals surface area contributed by atoms with Gasteiger partial charge in [-0.15, -0.1) is 0 Å². The Morgan fingerprint density at radius 1 is 0.964 bits per heavy atom. The number of guanidine groups is 1. The molecule has 0 aliphatic heterocycles. The van der Waals surface area contributed by atoms with Gasteiger partial charge in [0.05, 0.1) is 6.54 Å². The molecule has 0 bridgehead atoms. The molecule has 0 radical (unpaired) electrons. The maximum Gasteiger partial charge on any atom is 0.226 e. The third kappa shape index (κ3) is 7.06. The summed E-state index contributed by atoms with van der Waals surface area (Å²) in [4.78, 5) is 16.4. The molecule has 1 atom stereocenters. The van der Waals surface area contributed by atoms with Crippen LogP contribution in [0.25, 0.3) is 0 Å². The Labute approximate surface area is 168 Å². The minimum Gasteiger partial charge on any atom is -0.357 e. The first-order valence-electron chi connectivity index (χ1n) is 9.96. The van der Waals surface area contributed by atoms with E-state index in [1.54, 1.807) is 0 Å². The molecule has 150 valence electrons. The molecule has 1 amide bonds. The van der Waals surface area contributed by atoms with Crippen LogP contribution in [0.15, 0.2) is 59.6 Å². The van der Waals surface area contributed by atoms with E-state index < -0.39 is 0 Å². The Morgan fingerprint density at radius 3 is 2.25 bits per heavy atom. The molecule has 5 heteroatoms. The Bertz CT molecular complexity index is 754. The van der Waals surface area contributed by atoms with Crippen LogP contribution in [0.4, 0.5) is 5.69 Å². The number of hydrogen-bond donors (Lipinski definition) is 3. The van der Waals surface area contributed by atoms with Crippen LogP contribution in [0.5, 0.6) is 0 Å². The normalized spacial score (nSPS) is 12.5. The molecule has 1 unspecified atom stereocenters. The Hall–Kier alpha value is -2.82. The fraction of sp³-hybridized carbons (Fsp3) is 0.391. The number of hydrogen-bond acceptors (Lipinski definition) is 2. The van der Waals surface area contributed by atoms with Crippen LogP contribution >= 0.6 is 0 Å². The molecule has 0 heterocycles. The average molecular weight is 381 g/mol. The Morgan fingerprint density at radius 2 is 1.64 bits per heavy atom. The highest BCUT2D eigenvalue weighted by atomic mass is 16.1. The van der Waals surface area contributed by atoms with Crippen LogP contribution in [-0.4, -0.2) is 25.0 Å². The standard InChI is InChI=1S/C23H32N4O/c1-5-24-23(25-15-18(4)20-9-7-6-8-10-20)26-16-19-11-13-21(14-12-19)27-22(28)17(2)3/h6-14,17-18H,5,15-16H2,1-4H3,(H,27,28)(H2,24,25,26). The molecule has 0 aliphatic rings. The van der Waals surface area contributed by atoms with E-state index in [4.69, 9.17) is 0 Å². The van der Waals surface area contributed by atoms with E-state index in [9.17, 15) is 4.79 Å². The van der Waals surface area contributed by atoms with Gasteiger partial charge < -0.3 is 16.0 Å². The molecule has 28 heavy (non-hydrogen) atoms. The second kappa shape index (κ2) is 11.1. The van der Waals surface area contributed by atoms with E-state index in [0.717, 1.165) is 30.3 Å². The van der Waals surface area contributed by atoms with E-state index in [-0.39, 0.29) is 11.8 Å². The number of benzene rings is 2. The number of amides is 1. The number of anilines is 1. The highest BCUT2D eigenvalue weighted by Crippen LogP contribution is 2.13. The van der Waals surface area contributed by atoms with Crippen molar-refractivity contribution in [2.75, 3.05) is 18.4 Å². The van der Waals surface area contributed by atoms with Crippen molar-refractivity contribution in [1.29, 1.82) is 0 Å². The van der Waals surface area contributed by atoms with Crippen molar-refractivity contribution in [3.05, 3.63) is 65.7 Å². The van der Waals surface area contributed by atoms with Crippen LogP contribution in [0, 0.1) is 5.92 Å². The van der Waals surface area contributed by atoms with Gasteiger partial charge in [-0.05, 0) is 36.1 Å². The second-order valence-electron chi connectivity index (χ2n) is 7.23. The summed E-state index contributed by atoms with van der Waals surface area (Å²) in [5, 5.41) is 9.62. The number of nitrogens with one attached hydrogen (secondary N) is 3. The molecule has 0 aromatic heterocycles. The van der Waals surface area contributed by atoms with Gasteiger partial charge >= 0.3 is 0 Å². The number of nitrogens with zero attached hydrogens (tertiary/aromatic N) is 1. The van der Waals surface area contributed by atoms with Crippen molar-refractivity contribution in [3.8, 4) is 0 Å². The van der Waals surface area contributed by atoms with Crippen molar-refractivity contribution in [2.24, 2.45) is 10.9 Å². The van der Waals surface area contributed by atoms with Gasteiger partial charge in [-0.2, -0.15) is 0 Å². The number of aliphatic imine (C=N–C) groups is 1. The maximum atomic E-state index is 11.8. The molecule has 0 saturated carbocycles. The fourth-order valence-electron chi connectivity index (χ4n) is 2.64. The minimum atomic E-state index is -0.0312. The van der Waals surface area contributed by atoms with Gasteiger partial charge in [-0.25, -0.2) is 4.99 Å². The van der Waals surface area contributed by atoms with E-state index in [1.165, 1.54) is 5.56 Å². The topological polar surface area (TPSA) is 65.5 Å². The molecule has 5 nitrogen and oxygen atoms in total. The minimum absolute atomic E-state index is 0.0249. The maximum absolute atomic E-state index is 11.8. The Kier molecular flexibility index (Phi) is 8.53. The lowest BCUT2D eigenvalue weighted by Gasteiger charge is -2.16. The molecule has 0 saturated heterocycles. The largest absolute Gasteiger partial charge is 0.357 e. The molecule has 0 fully saturated rings. The van der Waals surface area contributed by atoms with Gasteiger partial charge in [0.2, 0.25) is 5.91 Å². The van der Waals surface area contributed by atoms with Crippen LogP contribution in [-0.2, 0) is 11.3 Å². The highest BCUT2D eigenvalue weighted by Gasteiger charge is 2.07. The molecule has 2 rings (SSSR count). The second-order valence-corrected chi connectivity index (χ2v) is 7.23. The smallest absolute Gasteiger partial charge is 0.226 e. The van der Waals surface area contributed by atoms with Crippen LogP contribution in [0.2, 0.25) is 0 Å². The van der Waals surface area contributed by atoms with Gasteiger partial charge in [0.15, 0.2) is 5.96 Å². The monoisotopic (exact) mass is 380 g/mol. The summed E-state index contributed by atoms with van der Waals surface area (Å²) >= 11 is 0. The lowest BCUT2D eigenvalue weighted by atomic mass is 10.0. The van der Waals surface area contributed by atoms with Crippen LogP contribution in [0.1, 0.15) is 44.7 Å². The molecule has 2 aromatic rings. The lowest BCUT2D eigenvalue weighted by molar-refractivity contribution is -0.118. The van der Waals surface area contributed by atoms with E-state index in [2.05, 4.69) is 59.1 Å². The third-order valence-corrected chi connectivity index (χ3v) is 4.45. The first kappa shape index (κ1) is 21.5. The highest BCUT2D eigenvalue weighted by molar-refractivity contribution is 5.92. The first-order chi connectivity index (χ1) is 13.5. The van der Waals surface area contributed by atoms with Crippen molar-refractivity contribution in [3.63, 3.8) is 0 Å². The van der Waals surface area contributed by atoms with Gasteiger partial charge in [-0.3, -0.25) is 4.79 Å². The summed E-state index contributed by atoms with van der Waals surface area (Å²) in [6.45, 7) is 10.2. The summed E-state index contributed by atoms with van der Waals surface area (Å²) in [7, 11) is 0. The Balaban J connectivity index is 1.91. The van der Waals surface area contributed by atoms with Gasteiger partial charge in [0, 0.05) is 24.7 Å². The molecular weight excluding hydrogens is 348 g/mol. The third-order valence-electron chi connectivity index (χ3n) is 4.45. The molecule has 2 aromatic carbocycles. The summed E-state index contributed by atoms with van der Waals surface area (Å²) in [5.74, 6) is 1.20. The molecular formula is C23H32N4O. The van der Waals surface area contributed by atoms with Gasteiger partial charge in [0.1, 0.15) is 0 Å². The summed E-state index contributed by atoms with van der Waals surface area (Å²) in [6, 6.07) is 18.3. The number of carbonyl (C=O) groups is 1. The van der Waals surface area contributed by atoms with Crippen molar-refractivity contribution in [1.82, 2.24) is 10.6 Å².